The Hall–Kier alpha value is -1.61. The standard InChI is InChI=1S/C13H13ClN2O/c1-9-8-13(17)16-15-12(9)7-4-10-2-5-11(14)6-3-10/h2-7,9H,8H2,1H3,(H,16,17). The first-order valence-corrected chi connectivity index (χ1v) is 5.83. The van der Waals surface area contributed by atoms with Crippen LogP contribution in [0.25, 0.3) is 6.08 Å². The van der Waals surface area contributed by atoms with Crippen LogP contribution in [0.2, 0.25) is 5.02 Å². The van der Waals surface area contributed by atoms with Gasteiger partial charge in [0.2, 0.25) is 5.91 Å². The van der Waals surface area contributed by atoms with E-state index in [-0.39, 0.29) is 11.8 Å². The lowest BCUT2D eigenvalue weighted by molar-refractivity contribution is -0.121. The third kappa shape index (κ3) is 3.17. The molecule has 1 aliphatic heterocycles. The van der Waals surface area contributed by atoms with E-state index in [0.717, 1.165) is 16.3 Å². The van der Waals surface area contributed by atoms with Crippen LogP contribution >= 0.6 is 11.6 Å². The molecule has 3 nitrogen and oxygen atoms in total. The van der Waals surface area contributed by atoms with Gasteiger partial charge in [0.1, 0.15) is 0 Å². The number of amides is 1. The van der Waals surface area contributed by atoms with Gasteiger partial charge in [0, 0.05) is 17.4 Å². The highest BCUT2D eigenvalue weighted by molar-refractivity contribution is 6.30. The number of benzene rings is 1. The maximum absolute atomic E-state index is 11.1. The van der Waals surface area contributed by atoms with E-state index in [1.165, 1.54) is 0 Å². The van der Waals surface area contributed by atoms with Crippen LogP contribution in [-0.4, -0.2) is 11.6 Å². The fourth-order valence-electron chi connectivity index (χ4n) is 1.62. The number of hydrazone groups is 1. The Morgan fingerprint density at radius 2 is 2.06 bits per heavy atom. The maximum Gasteiger partial charge on any atom is 0.240 e. The van der Waals surface area contributed by atoms with E-state index in [0.29, 0.717) is 6.42 Å². The molecule has 88 valence electrons. The van der Waals surface area contributed by atoms with E-state index >= 15 is 0 Å². The van der Waals surface area contributed by atoms with E-state index in [9.17, 15) is 4.79 Å². The summed E-state index contributed by atoms with van der Waals surface area (Å²) in [6.07, 6.45) is 4.38. The number of rotatable bonds is 2. The number of hydrogen-bond donors (Lipinski definition) is 1. The molecule has 0 aliphatic carbocycles. The summed E-state index contributed by atoms with van der Waals surface area (Å²) in [5.74, 6) is 0.133. The molecule has 0 saturated carbocycles. The number of halogens is 1. The lowest BCUT2D eigenvalue weighted by atomic mass is 9.99. The second-order valence-corrected chi connectivity index (χ2v) is 4.50. The van der Waals surface area contributed by atoms with Crippen LogP contribution in [0.5, 0.6) is 0 Å². The lowest BCUT2D eigenvalue weighted by Crippen LogP contribution is -2.30. The molecule has 1 aromatic carbocycles. The summed E-state index contributed by atoms with van der Waals surface area (Å²) in [4.78, 5) is 11.1. The molecule has 2 rings (SSSR count). The smallest absolute Gasteiger partial charge is 0.240 e. The Morgan fingerprint density at radius 1 is 1.35 bits per heavy atom. The Bertz CT molecular complexity index is 477. The Balaban J connectivity index is 2.10. The van der Waals surface area contributed by atoms with Gasteiger partial charge in [-0.05, 0) is 23.8 Å². The minimum Gasteiger partial charge on any atom is -0.273 e. The second-order valence-electron chi connectivity index (χ2n) is 4.06. The van der Waals surface area contributed by atoms with Crippen molar-refractivity contribution in [1.29, 1.82) is 0 Å². The van der Waals surface area contributed by atoms with Gasteiger partial charge in [-0.3, -0.25) is 4.79 Å². The molecule has 1 aromatic rings. The Labute approximate surface area is 105 Å². The molecular formula is C13H13ClN2O. The minimum atomic E-state index is -0.0267. The fourth-order valence-corrected chi connectivity index (χ4v) is 1.75. The third-order valence-corrected chi connectivity index (χ3v) is 2.87. The van der Waals surface area contributed by atoms with Crippen molar-refractivity contribution in [3.05, 3.63) is 40.9 Å². The average Bonchev–Trinajstić information content (AvgIpc) is 2.30. The average molecular weight is 249 g/mol. The predicted octanol–water partition coefficient (Wildman–Crippen LogP) is 2.87. The van der Waals surface area contributed by atoms with Crippen molar-refractivity contribution in [2.24, 2.45) is 11.0 Å². The number of allylic oxidation sites excluding steroid dienone is 1. The van der Waals surface area contributed by atoms with Gasteiger partial charge in [-0.25, -0.2) is 5.43 Å². The van der Waals surface area contributed by atoms with E-state index in [1.54, 1.807) is 0 Å². The van der Waals surface area contributed by atoms with E-state index in [1.807, 2.05) is 43.3 Å². The van der Waals surface area contributed by atoms with Crippen LogP contribution in [0.15, 0.2) is 35.4 Å². The van der Waals surface area contributed by atoms with Gasteiger partial charge in [0.15, 0.2) is 0 Å². The molecule has 1 amide bonds. The second kappa shape index (κ2) is 5.15. The minimum absolute atomic E-state index is 0.0267. The summed E-state index contributed by atoms with van der Waals surface area (Å²) >= 11 is 5.80. The van der Waals surface area contributed by atoms with Crippen LogP contribution in [0, 0.1) is 5.92 Å². The van der Waals surface area contributed by atoms with Gasteiger partial charge in [-0.1, -0.05) is 36.7 Å². The van der Waals surface area contributed by atoms with Gasteiger partial charge in [-0.15, -0.1) is 0 Å². The zero-order chi connectivity index (χ0) is 12.3. The van der Waals surface area contributed by atoms with Crippen molar-refractivity contribution in [2.75, 3.05) is 0 Å². The molecule has 1 N–H and O–H groups in total. The highest BCUT2D eigenvalue weighted by Crippen LogP contribution is 2.13. The van der Waals surface area contributed by atoms with Crippen LogP contribution in [0.1, 0.15) is 18.9 Å². The maximum atomic E-state index is 11.1. The molecule has 0 aromatic heterocycles. The van der Waals surface area contributed by atoms with Gasteiger partial charge in [-0.2, -0.15) is 5.10 Å². The molecule has 1 aliphatic rings. The number of carbonyl (C=O) groups excluding carboxylic acids is 1. The lowest BCUT2D eigenvalue weighted by Gasteiger charge is -2.15. The largest absolute Gasteiger partial charge is 0.273 e. The molecular weight excluding hydrogens is 236 g/mol. The third-order valence-electron chi connectivity index (χ3n) is 2.62. The molecule has 1 atom stereocenters. The normalized spacial score (nSPS) is 20.2. The number of nitrogens with one attached hydrogen (secondary N) is 1. The number of nitrogens with zero attached hydrogens (tertiary/aromatic N) is 1. The van der Waals surface area contributed by atoms with Crippen molar-refractivity contribution in [1.82, 2.24) is 5.43 Å². The summed E-state index contributed by atoms with van der Waals surface area (Å²) in [6, 6.07) is 7.56. The summed E-state index contributed by atoms with van der Waals surface area (Å²) in [7, 11) is 0. The van der Waals surface area contributed by atoms with Crippen LogP contribution in [0.4, 0.5) is 0 Å². The topological polar surface area (TPSA) is 41.5 Å². The highest BCUT2D eigenvalue weighted by atomic mass is 35.5. The quantitative estimate of drug-likeness (QED) is 0.859. The van der Waals surface area contributed by atoms with Crippen molar-refractivity contribution in [3.63, 3.8) is 0 Å². The first-order valence-electron chi connectivity index (χ1n) is 5.45. The molecule has 4 heteroatoms. The van der Waals surface area contributed by atoms with Crippen LogP contribution in [-0.2, 0) is 4.79 Å². The molecule has 0 spiro atoms. The van der Waals surface area contributed by atoms with Crippen LogP contribution in [0.3, 0.4) is 0 Å². The van der Waals surface area contributed by atoms with E-state index in [4.69, 9.17) is 11.6 Å². The number of carbonyl (C=O) groups is 1. The van der Waals surface area contributed by atoms with E-state index in [2.05, 4.69) is 10.5 Å². The van der Waals surface area contributed by atoms with Gasteiger partial charge in [0.05, 0.1) is 5.71 Å². The zero-order valence-corrected chi connectivity index (χ0v) is 10.2. The molecule has 0 saturated heterocycles. The Morgan fingerprint density at radius 3 is 2.71 bits per heavy atom. The van der Waals surface area contributed by atoms with Crippen molar-refractivity contribution < 1.29 is 4.79 Å². The zero-order valence-electron chi connectivity index (χ0n) is 9.48. The Kier molecular flexibility index (Phi) is 3.59. The summed E-state index contributed by atoms with van der Waals surface area (Å²) in [6.45, 7) is 1.99. The molecule has 0 bridgehead atoms. The monoisotopic (exact) mass is 248 g/mol. The summed E-state index contributed by atoms with van der Waals surface area (Å²) in [5.41, 5.74) is 4.43. The fraction of sp³-hybridized carbons (Fsp3) is 0.231. The summed E-state index contributed by atoms with van der Waals surface area (Å²) < 4.78 is 0. The molecule has 17 heavy (non-hydrogen) atoms. The molecule has 1 heterocycles. The van der Waals surface area contributed by atoms with Crippen molar-refractivity contribution in [3.8, 4) is 0 Å². The highest BCUT2D eigenvalue weighted by Gasteiger charge is 2.17. The molecule has 0 radical (unpaired) electrons. The van der Waals surface area contributed by atoms with Gasteiger partial charge >= 0.3 is 0 Å². The molecule has 0 fully saturated rings. The van der Waals surface area contributed by atoms with Crippen LogP contribution < -0.4 is 5.43 Å². The predicted molar refractivity (Wildman–Crippen MR) is 69.8 cm³/mol. The van der Waals surface area contributed by atoms with Crippen molar-refractivity contribution in [2.45, 2.75) is 13.3 Å². The van der Waals surface area contributed by atoms with Gasteiger partial charge in [0.25, 0.3) is 0 Å². The molecule has 1 unspecified atom stereocenters. The van der Waals surface area contributed by atoms with E-state index < -0.39 is 0 Å². The van der Waals surface area contributed by atoms with Gasteiger partial charge < -0.3 is 0 Å². The SMILES string of the molecule is CC1CC(=O)NN=C1C=Cc1ccc(Cl)cc1. The first kappa shape index (κ1) is 11.9. The number of hydrogen-bond acceptors (Lipinski definition) is 2. The first-order chi connectivity index (χ1) is 8.15. The summed E-state index contributed by atoms with van der Waals surface area (Å²) in [5, 5.41) is 4.75. The van der Waals surface area contributed by atoms with Crippen molar-refractivity contribution >= 4 is 29.3 Å².